The molecular weight excluding hydrogens is 206 g/mol. The van der Waals surface area contributed by atoms with Crippen molar-refractivity contribution >= 4 is 0 Å². The molecule has 0 saturated carbocycles. The van der Waals surface area contributed by atoms with Crippen LogP contribution in [0.5, 0.6) is 0 Å². The molecule has 2 N–H and O–H groups in total. The maximum absolute atomic E-state index is 5.64. The standard InChI is InChI=1S/C16H27N/c1-2-3-4-5-6-7-8-10-15-11-9-12-16(13-15)14-17/h9,11-13H,2-8,10,14,17H2,1H3. The Hall–Kier alpha value is -0.820. The molecule has 0 spiro atoms. The van der Waals surface area contributed by atoms with Gasteiger partial charge in [-0.25, -0.2) is 0 Å². The molecule has 0 atom stereocenters. The van der Waals surface area contributed by atoms with E-state index in [-0.39, 0.29) is 0 Å². The van der Waals surface area contributed by atoms with Crippen LogP contribution < -0.4 is 5.73 Å². The molecule has 0 aromatic heterocycles. The lowest BCUT2D eigenvalue weighted by Gasteiger charge is -2.04. The van der Waals surface area contributed by atoms with Crippen molar-refractivity contribution in [1.82, 2.24) is 0 Å². The van der Waals surface area contributed by atoms with Gasteiger partial charge < -0.3 is 5.73 Å². The number of unbranched alkanes of at least 4 members (excludes halogenated alkanes) is 6. The van der Waals surface area contributed by atoms with E-state index in [1.807, 2.05) is 0 Å². The van der Waals surface area contributed by atoms with Crippen molar-refractivity contribution in [3.63, 3.8) is 0 Å². The molecule has 0 saturated heterocycles. The molecule has 0 amide bonds. The van der Waals surface area contributed by atoms with E-state index in [4.69, 9.17) is 5.73 Å². The third-order valence-electron chi connectivity index (χ3n) is 3.30. The van der Waals surface area contributed by atoms with Crippen molar-refractivity contribution in [3.05, 3.63) is 35.4 Å². The first-order chi connectivity index (χ1) is 8.36. The molecule has 1 rings (SSSR count). The van der Waals surface area contributed by atoms with Crippen molar-refractivity contribution in [2.45, 2.75) is 64.8 Å². The van der Waals surface area contributed by atoms with Gasteiger partial charge in [0.1, 0.15) is 0 Å². The van der Waals surface area contributed by atoms with Crippen molar-refractivity contribution in [3.8, 4) is 0 Å². The first-order valence-corrected chi connectivity index (χ1v) is 7.14. The third-order valence-corrected chi connectivity index (χ3v) is 3.30. The number of hydrogen-bond acceptors (Lipinski definition) is 1. The van der Waals surface area contributed by atoms with Gasteiger partial charge >= 0.3 is 0 Å². The van der Waals surface area contributed by atoms with Crippen LogP contribution in [0.1, 0.15) is 63.0 Å². The molecule has 0 radical (unpaired) electrons. The van der Waals surface area contributed by atoms with Gasteiger partial charge in [0.2, 0.25) is 0 Å². The van der Waals surface area contributed by atoms with E-state index in [0.717, 1.165) is 0 Å². The molecule has 1 nitrogen and oxygen atoms in total. The summed E-state index contributed by atoms with van der Waals surface area (Å²) in [5.74, 6) is 0. The molecule has 0 bridgehead atoms. The summed E-state index contributed by atoms with van der Waals surface area (Å²) in [5, 5.41) is 0. The minimum absolute atomic E-state index is 0.658. The Morgan fingerprint density at radius 2 is 1.53 bits per heavy atom. The van der Waals surface area contributed by atoms with Crippen LogP contribution in [0.25, 0.3) is 0 Å². The summed E-state index contributed by atoms with van der Waals surface area (Å²) >= 11 is 0. The molecule has 0 aliphatic heterocycles. The van der Waals surface area contributed by atoms with Gasteiger partial charge in [-0.05, 0) is 24.0 Å². The lowest BCUT2D eigenvalue weighted by atomic mass is 10.0. The van der Waals surface area contributed by atoms with Gasteiger partial charge in [-0.2, -0.15) is 0 Å². The van der Waals surface area contributed by atoms with Gasteiger partial charge in [-0.15, -0.1) is 0 Å². The fourth-order valence-electron chi connectivity index (χ4n) is 2.20. The predicted octanol–water partition coefficient (Wildman–Crippen LogP) is 4.44. The van der Waals surface area contributed by atoms with Crippen LogP contribution in [-0.4, -0.2) is 0 Å². The van der Waals surface area contributed by atoms with Gasteiger partial charge in [-0.3, -0.25) is 0 Å². The summed E-state index contributed by atoms with van der Waals surface area (Å²) in [6.45, 7) is 2.93. The fraction of sp³-hybridized carbons (Fsp3) is 0.625. The Bertz CT molecular complexity index is 293. The zero-order valence-electron chi connectivity index (χ0n) is 11.3. The molecule has 1 aromatic rings. The van der Waals surface area contributed by atoms with Crippen LogP contribution in [0.4, 0.5) is 0 Å². The number of aryl methyl sites for hydroxylation is 1. The fourth-order valence-corrected chi connectivity index (χ4v) is 2.20. The number of hydrogen-bond donors (Lipinski definition) is 1. The SMILES string of the molecule is CCCCCCCCCc1cccc(CN)c1. The summed E-state index contributed by atoms with van der Waals surface area (Å²) in [7, 11) is 0. The highest BCUT2D eigenvalue weighted by molar-refractivity contribution is 5.23. The third kappa shape index (κ3) is 6.48. The van der Waals surface area contributed by atoms with Gasteiger partial charge in [0.15, 0.2) is 0 Å². The van der Waals surface area contributed by atoms with Crippen molar-refractivity contribution < 1.29 is 0 Å². The number of nitrogens with two attached hydrogens (primary N) is 1. The average Bonchev–Trinajstić information content (AvgIpc) is 2.38. The maximum atomic E-state index is 5.64. The summed E-state index contributed by atoms with van der Waals surface area (Å²) in [6, 6.07) is 8.69. The molecule has 0 unspecified atom stereocenters. The van der Waals surface area contributed by atoms with E-state index in [1.54, 1.807) is 0 Å². The van der Waals surface area contributed by atoms with Crippen LogP contribution >= 0.6 is 0 Å². The zero-order valence-corrected chi connectivity index (χ0v) is 11.3. The normalized spacial score (nSPS) is 10.7. The highest BCUT2D eigenvalue weighted by Gasteiger charge is 1.96. The first kappa shape index (κ1) is 14.2. The molecule has 0 aliphatic carbocycles. The Kier molecular flexibility index (Phi) is 7.74. The molecule has 1 aromatic carbocycles. The summed E-state index contributed by atoms with van der Waals surface area (Å²) in [4.78, 5) is 0. The highest BCUT2D eigenvalue weighted by atomic mass is 14.5. The van der Waals surface area contributed by atoms with Crippen LogP contribution in [-0.2, 0) is 13.0 Å². The topological polar surface area (TPSA) is 26.0 Å². The Labute approximate surface area is 106 Å². The lowest BCUT2D eigenvalue weighted by Crippen LogP contribution is -1.97. The number of benzene rings is 1. The highest BCUT2D eigenvalue weighted by Crippen LogP contribution is 2.11. The Morgan fingerprint density at radius 1 is 0.882 bits per heavy atom. The summed E-state index contributed by atoms with van der Waals surface area (Å²) in [5.41, 5.74) is 8.34. The lowest BCUT2D eigenvalue weighted by molar-refractivity contribution is 0.589. The minimum Gasteiger partial charge on any atom is -0.326 e. The van der Waals surface area contributed by atoms with E-state index in [0.29, 0.717) is 6.54 Å². The van der Waals surface area contributed by atoms with Crippen molar-refractivity contribution in [2.75, 3.05) is 0 Å². The zero-order chi connectivity index (χ0) is 12.3. The minimum atomic E-state index is 0.658. The second kappa shape index (κ2) is 9.23. The van der Waals surface area contributed by atoms with Crippen molar-refractivity contribution in [1.29, 1.82) is 0 Å². The number of rotatable bonds is 9. The molecular formula is C16H27N. The second-order valence-corrected chi connectivity index (χ2v) is 4.90. The van der Waals surface area contributed by atoms with Crippen LogP contribution in [0, 0.1) is 0 Å². The smallest absolute Gasteiger partial charge is 0.0178 e. The van der Waals surface area contributed by atoms with Crippen LogP contribution in [0.2, 0.25) is 0 Å². The Morgan fingerprint density at radius 3 is 2.24 bits per heavy atom. The Balaban J connectivity index is 2.09. The first-order valence-electron chi connectivity index (χ1n) is 7.14. The second-order valence-electron chi connectivity index (χ2n) is 4.90. The van der Waals surface area contributed by atoms with E-state index >= 15 is 0 Å². The molecule has 96 valence electrons. The molecule has 17 heavy (non-hydrogen) atoms. The quantitative estimate of drug-likeness (QED) is 0.627. The molecule has 0 fully saturated rings. The van der Waals surface area contributed by atoms with Gasteiger partial charge in [0.25, 0.3) is 0 Å². The largest absolute Gasteiger partial charge is 0.326 e. The predicted molar refractivity (Wildman–Crippen MR) is 76.0 cm³/mol. The molecule has 0 aliphatic rings. The van der Waals surface area contributed by atoms with Gasteiger partial charge in [0.05, 0.1) is 0 Å². The summed E-state index contributed by atoms with van der Waals surface area (Å²) < 4.78 is 0. The van der Waals surface area contributed by atoms with Gasteiger partial charge in [0, 0.05) is 6.54 Å². The van der Waals surface area contributed by atoms with Crippen molar-refractivity contribution in [2.24, 2.45) is 5.73 Å². The van der Waals surface area contributed by atoms with E-state index in [1.165, 1.54) is 62.5 Å². The van der Waals surface area contributed by atoms with E-state index in [2.05, 4.69) is 31.2 Å². The van der Waals surface area contributed by atoms with Crippen LogP contribution in [0.15, 0.2) is 24.3 Å². The molecule has 1 heteroatoms. The average molecular weight is 233 g/mol. The molecule has 0 heterocycles. The van der Waals surface area contributed by atoms with Gasteiger partial charge in [-0.1, -0.05) is 69.7 Å². The summed E-state index contributed by atoms with van der Waals surface area (Å²) in [6.07, 6.45) is 10.9. The monoisotopic (exact) mass is 233 g/mol. The van der Waals surface area contributed by atoms with E-state index in [9.17, 15) is 0 Å². The van der Waals surface area contributed by atoms with Crippen LogP contribution in [0.3, 0.4) is 0 Å². The maximum Gasteiger partial charge on any atom is 0.0178 e. The van der Waals surface area contributed by atoms with E-state index < -0.39 is 0 Å².